The summed E-state index contributed by atoms with van der Waals surface area (Å²) in [4.78, 5) is 2.28. The van der Waals surface area contributed by atoms with Crippen molar-refractivity contribution >= 4 is 11.4 Å². The second-order valence-electron chi connectivity index (χ2n) is 5.65. The number of alkyl halides is 3. The lowest BCUT2D eigenvalue weighted by molar-refractivity contribution is -0.136. The number of benzene rings is 1. The van der Waals surface area contributed by atoms with Crippen LogP contribution in [0.5, 0.6) is 0 Å². The molecule has 0 aromatic heterocycles. The highest BCUT2D eigenvalue weighted by molar-refractivity contribution is 5.58. The number of nitrogens with two attached hydrogens (primary N) is 1. The van der Waals surface area contributed by atoms with Crippen molar-refractivity contribution < 1.29 is 13.2 Å². The minimum atomic E-state index is -4.41. The van der Waals surface area contributed by atoms with Crippen LogP contribution in [0.2, 0.25) is 0 Å². The van der Waals surface area contributed by atoms with E-state index in [1.165, 1.54) is 31.7 Å². The molecule has 1 aliphatic rings. The number of rotatable bonds is 5. The second-order valence-corrected chi connectivity index (χ2v) is 5.65. The SMILES string of the molecule is CN(CCNc1ccc(N)c(C(F)(F)F)c1)C1CCCC1. The maximum atomic E-state index is 12.8. The molecule has 0 atom stereocenters. The molecule has 0 bridgehead atoms. The third-order valence-electron chi connectivity index (χ3n) is 4.10. The van der Waals surface area contributed by atoms with Crippen LogP contribution in [0, 0.1) is 0 Å². The van der Waals surface area contributed by atoms with Crippen LogP contribution in [0.25, 0.3) is 0 Å². The first-order valence-electron chi connectivity index (χ1n) is 7.29. The Morgan fingerprint density at radius 2 is 1.95 bits per heavy atom. The quantitative estimate of drug-likeness (QED) is 0.817. The highest BCUT2D eigenvalue weighted by Gasteiger charge is 2.33. The largest absolute Gasteiger partial charge is 0.418 e. The normalized spacial score (nSPS) is 16.6. The van der Waals surface area contributed by atoms with Gasteiger partial charge in [-0.3, -0.25) is 0 Å². The van der Waals surface area contributed by atoms with Crippen LogP contribution < -0.4 is 11.1 Å². The molecule has 1 aromatic carbocycles. The molecule has 0 amide bonds. The molecule has 0 unspecified atom stereocenters. The molecule has 0 aliphatic heterocycles. The standard InChI is InChI=1S/C15H22F3N3/c1-21(12-4-2-3-5-12)9-8-20-11-6-7-14(19)13(10-11)15(16,17)18/h6-7,10,12,20H,2-5,8-9,19H2,1H3. The maximum Gasteiger partial charge on any atom is 0.418 e. The first kappa shape index (κ1) is 15.9. The number of nitrogen functional groups attached to an aromatic ring is 1. The van der Waals surface area contributed by atoms with Gasteiger partial charge in [0.2, 0.25) is 0 Å². The number of nitrogens with zero attached hydrogens (tertiary/aromatic N) is 1. The highest BCUT2D eigenvalue weighted by Crippen LogP contribution is 2.35. The monoisotopic (exact) mass is 301 g/mol. The summed E-state index contributed by atoms with van der Waals surface area (Å²) in [6, 6.07) is 4.57. The molecule has 118 valence electrons. The molecule has 6 heteroatoms. The molecule has 0 spiro atoms. The Labute approximate surface area is 123 Å². The van der Waals surface area contributed by atoms with E-state index < -0.39 is 11.7 Å². The summed E-state index contributed by atoms with van der Waals surface area (Å²) < 4.78 is 38.3. The van der Waals surface area contributed by atoms with Gasteiger partial charge in [-0.15, -0.1) is 0 Å². The van der Waals surface area contributed by atoms with E-state index in [9.17, 15) is 13.2 Å². The summed E-state index contributed by atoms with van der Waals surface area (Å²) in [5, 5.41) is 3.04. The number of anilines is 2. The molecule has 1 aliphatic carbocycles. The molecule has 0 saturated heterocycles. The van der Waals surface area contributed by atoms with Crippen molar-refractivity contribution in [3.8, 4) is 0 Å². The van der Waals surface area contributed by atoms with E-state index in [-0.39, 0.29) is 5.69 Å². The van der Waals surface area contributed by atoms with Crippen LogP contribution in [-0.4, -0.2) is 31.1 Å². The van der Waals surface area contributed by atoms with Crippen LogP contribution in [0.15, 0.2) is 18.2 Å². The van der Waals surface area contributed by atoms with Crippen LogP contribution >= 0.6 is 0 Å². The summed E-state index contributed by atoms with van der Waals surface area (Å²) in [6.07, 6.45) is 0.570. The van der Waals surface area contributed by atoms with Gasteiger partial charge in [0.25, 0.3) is 0 Å². The Morgan fingerprint density at radius 1 is 1.29 bits per heavy atom. The van der Waals surface area contributed by atoms with Gasteiger partial charge in [-0.2, -0.15) is 13.2 Å². The number of nitrogens with one attached hydrogen (secondary N) is 1. The first-order chi connectivity index (χ1) is 9.88. The van der Waals surface area contributed by atoms with Crippen molar-refractivity contribution in [2.45, 2.75) is 37.9 Å². The predicted molar refractivity (Wildman–Crippen MR) is 79.2 cm³/mol. The summed E-state index contributed by atoms with van der Waals surface area (Å²) >= 11 is 0. The topological polar surface area (TPSA) is 41.3 Å². The van der Waals surface area contributed by atoms with E-state index in [4.69, 9.17) is 5.73 Å². The van der Waals surface area contributed by atoms with E-state index in [1.807, 2.05) is 0 Å². The van der Waals surface area contributed by atoms with Gasteiger partial charge in [-0.1, -0.05) is 12.8 Å². The molecule has 0 heterocycles. The zero-order valence-electron chi connectivity index (χ0n) is 12.2. The zero-order chi connectivity index (χ0) is 15.5. The Kier molecular flexibility index (Phi) is 4.98. The van der Waals surface area contributed by atoms with Crippen molar-refractivity contribution in [2.75, 3.05) is 31.2 Å². The lowest BCUT2D eigenvalue weighted by atomic mass is 10.1. The molecular formula is C15H22F3N3. The smallest absolute Gasteiger partial charge is 0.398 e. The fourth-order valence-electron chi connectivity index (χ4n) is 2.82. The third-order valence-corrected chi connectivity index (χ3v) is 4.10. The van der Waals surface area contributed by atoms with Crippen molar-refractivity contribution in [2.24, 2.45) is 0 Å². The maximum absolute atomic E-state index is 12.8. The zero-order valence-corrected chi connectivity index (χ0v) is 12.2. The fraction of sp³-hybridized carbons (Fsp3) is 0.600. The Hall–Kier alpha value is -1.43. The Bertz CT molecular complexity index is 468. The van der Waals surface area contributed by atoms with E-state index in [2.05, 4.69) is 17.3 Å². The van der Waals surface area contributed by atoms with Crippen molar-refractivity contribution in [3.05, 3.63) is 23.8 Å². The number of hydrogen-bond acceptors (Lipinski definition) is 3. The van der Waals surface area contributed by atoms with Crippen LogP contribution in [0.3, 0.4) is 0 Å². The molecule has 1 saturated carbocycles. The molecule has 1 aromatic rings. The average Bonchev–Trinajstić information content (AvgIpc) is 2.93. The van der Waals surface area contributed by atoms with Crippen LogP contribution in [0.1, 0.15) is 31.2 Å². The predicted octanol–water partition coefficient (Wildman–Crippen LogP) is 3.57. The van der Waals surface area contributed by atoms with Crippen molar-refractivity contribution in [1.29, 1.82) is 0 Å². The summed E-state index contributed by atoms with van der Waals surface area (Å²) in [5.41, 5.74) is 4.81. The summed E-state index contributed by atoms with van der Waals surface area (Å²) in [5.74, 6) is 0. The molecule has 3 nitrogen and oxygen atoms in total. The van der Waals surface area contributed by atoms with E-state index in [1.54, 1.807) is 6.07 Å². The van der Waals surface area contributed by atoms with E-state index >= 15 is 0 Å². The van der Waals surface area contributed by atoms with Gasteiger partial charge in [-0.25, -0.2) is 0 Å². The molecule has 21 heavy (non-hydrogen) atoms. The molecule has 1 fully saturated rings. The fourth-order valence-corrected chi connectivity index (χ4v) is 2.82. The van der Waals surface area contributed by atoms with Gasteiger partial charge < -0.3 is 16.0 Å². The minimum Gasteiger partial charge on any atom is -0.398 e. The average molecular weight is 301 g/mol. The lowest BCUT2D eigenvalue weighted by Crippen LogP contribution is -2.33. The van der Waals surface area contributed by atoms with Crippen molar-refractivity contribution in [1.82, 2.24) is 4.90 Å². The van der Waals surface area contributed by atoms with Gasteiger partial charge in [-0.05, 0) is 38.1 Å². The second kappa shape index (κ2) is 6.56. The molecule has 0 radical (unpaired) electrons. The third kappa shape index (κ3) is 4.27. The summed E-state index contributed by atoms with van der Waals surface area (Å²) in [6.45, 7) is 1.44. The molecule has 2 rings (SSSR count). The van der Waals surface area contributed by atoms with Gasteiger partial charge in [0.05, 0.1) is 5.56 Å². The number of likely N-dealkylation sites (N-methyl/N-ethyl adjacent to an activating group) is 1. The van der Waals surface area contributed by atoms with Gasteiger partial charge in [0, 0.05) is 30.5 Å². The number of hydrogen-bond donors (Lipinski definition) is 2. The van der Waals surface area contributed by atoms with E-state index in [0.29, 0.717) is 18.3 Å². The van der Waals surface area contributed by atoms with Crippen LogP contribution in [-0.2, 0) is 6.18 Å². The van der Waals surface area contributed by atoms with Gasteiger partial charge in [0.15, 0.2) is 0 Å². The van der Waals surface area contributed by atoms with Crippen molar-refractivity contribution in [3.63, 3.8) is 0 Å². The number of halogens is 3. The van der Waals surface area contributed by atoms with Gasteiger partial charge in [0.1, 0.15) is 0 Å². The Balaban J connectivity index is 1.88. The minimum absolute atomic E-state index is 0.240. The molecule has 3 N–H and O–H groups in total. The first-order valence-corrected chi connectivity index (χ1v) is 7.29. The lowest BCUT2D eigenvalue weighted by Gasteiger charge is -2.24. The van der Waals surface area contributed by atoms with E-state index in [0.717, 1.165) is 12.6 Å². The highest BCUT2D eigenvalue weighted by atomic mass is 19.4. The van der Waals surface area contributed by atoms with Crippen LogP contribution in [0.4, 0.5) is 24.5 Å². The molecular weight excluding hydrogens is 279 g/mol. The van der Waals surface area contributed by atoms with Gasteiger partial charge >= 0.3 is 6.18 Å². The summed E-state index contributed by atoms with van der Waals surface area (Å²) in [7, 11) is 2.07. The Morgan fingerprint density at radius 3 is 2.57 bits per heavy atom.